The van der Waals surface area contributed by atoms with Crippen molar-refractivity contribution in [1.82, 2.24) is 10.6 Å². The number of hydrogen-bond acceptors (Lipinski definition) is 5. The number of carboxylic acid groups (broad SMARTS) is 2. The number of nitrogens with one attached hydrogen (secondary N) is 2. The smallest absolute Gasteiger partial charge is 0.652 e. The Bertz CT molecular complexity index is 766. The predicted octanol–water partition coefficient (Wildman–Crippen LogP) is 13.6. The Balaban J connectivity index is -0.00000597. The van der Waals surface area contributed by atoms with Gasteiger partial charge in [-0.15, -0.1) is 0 Å². The van der Waals surface area contributed by atoms with Gasteiger partial charge in [-0.3, -0.25) is 9.59 Å². The van der Waals surface area contributed by atoms with E-state index in [1.54, 1.807) is 0 Å². The van der Waals surface area contributed by atoms with Gasteiger partial charge < -0.3 is 25.6 Å². The maximum Gasteiger partial charge on any atom is 2.00 e. The molecule has 0 saturated heterocycles. The van der Waals surface area contributed by atoms with Crippen LogP contribution in [0, 0.1) is 0 Å². The van der Waals surface area contributed by atoms with E-state index < -0.39 is 6.16 Å². The van der Waals surface area contributed by atoms with Gasteiger partial charge in [0.25, 0.3) is 0 Å². The van der Waals surface area contributed by atoms with Crippen molar-refractivity contribution in [1.29, 1.82) is 0 Å². The third kappa shape index (κ3) is 64.2. The molecule has 2 amide bonds. The largest absolute Gasteiger partial charge is 2.00 e. The van der Waals surface area contributed by atoms with Crippen LogP contribution in [0.25, 0.3) is 0 Å². The van der Waals surface area contributed by atoms with Gasteiger partial charge in [0.2, 0.25) is 11.8 Å². The van der Waals surface area contributed by atoms with Gasteiger partial charge >= 0.3 is 37.7 Å². The van der Waals surface area contributed by atoms with Crippen LogP contribution in [0.3, 0.4) is 0 Å². The van der Waals surface area contributed by atoms with Gasteiger partial charge in [0.15, 0.2) is 0 Å². The van der Waals surface area contributed by atoms with Gasteiger partial charge in [-0.2, -0.15) is 0 Å². The van der Waals surface area contributed by atoms with E-state index in [9.17, 15) is 9.59 Å². The van der Waals surface area contributed by atoms with Crippen molar-refractivity contribution in [3.8, 4) is 0 Å². The topological polar surface area (TPSA) is 121 Å². The zero-order valence-electron chi connectivity index (χ0n) is 39.8. The third-order valence-corrected chi connectivity index (χ3v) is 11.8. The van der Waals surface area contributed by atoms with Crippen molar-refractivity contribution in [3.05, 3.63) is 0 Å². The van der Waals surface area contributed by atoms with E-state index in [4.69, 9.17) is 15.0 Å². The summed E-state index contributed by atoms with van der Waals surface area (Å²) in [6.07, 6.45) is 55.8. The Morgan fingerprint density at radius 2 is 0.441 bits per heavy atom. The molecule has 0 rings (SSSR count). The van der Waals surface area contributed by atoms with Crippen LogP contribution >= 0.6 is 0 Å². The minimum Gasteiger partial charge on any atom is -0.652 e. The number of rotatable bonds is 47. The molecule has 346 valence electrons. The molecule has 2 N–H and O–H groups in total. The van der Waals surface area contributed by atoms with Crippen molar-refractivity contribution < 1.29 is 24.6 Å². The number of carbonyl (C=O) groups excluding carboxylic acids is 3. The summed E-state index contributed by atoms with van der Waals surface area (Å²) in [5.74, 6) is 0.452. The average molecular weight is 861 g/mol. The molecular formula is C51H100CaN2O5. The van der Waals surface area contributed by atoms with Crippen LogP contribution in [0.15, 0.2) is 0 Å². The van der Waals surface area contributed by atoms with Gasteiger partial charge in [0.1, 0.15) is 0 Å². The van der Waals surface area contributed by atoms with Crippen LogP contribution in [0.2, 0.25) is 0 Å². The van der Waals surface area contributed by atoms with Crippen LogP contribution in [0.4, 0.5) is 4.79 Å². The van der Waals surface area contributed by atoms with E-state index in [0.717, 1.165) is 51.6 Å². The molecule has 7 nitrogen and oxygen atoms in total. The quantitative estimate of drug-likeness (QED) is 0.0466. The van der Waals surface area contributed by atoms with E-state index in [0.29, 0.717) is 12.8 Å². The fraction of sp³-hybridized carbons (Fsp3) is 0.941. The fourth-order valence-electron chi connectivity index (χ4n) is 7.96. The summed E-state index contributed by atoms with van der Waals surface area (Å²) in [5, 5.41) is 22.9. The molecule has 0 unspecified atom stereocenters. The molecule has 0 saturated carbocycles. The first-order valence-corrected chi connectivity index (χ1v) is 25.8. The molecule has 0 aromatic heterocycles. The van der Waals surface area contributed by atoms with Crippen molar-refractivity contribution >= 4 is 55.7 Å². The van der Waals surface area contributed by atoms with Crippen molar-refractivity contribution in [2.24, 2.45) is 0 Å². The molecule has 0 heterocycles. The minimum atomic E-state index is -2.33. The maximum absolute atomic E-state index is 12.2. The van der Waals surface area contributed by atoms with Gasteiger partial charge in [0.05, 0.1) is 0 Å². The van der Waals surface area contributed by atoms with Crippen LogP contribution < -0.4 is 20.8 Å². The van der Waals surface area contributed by atoms with Crippen LogP contribution in [-0.2, 0) is 9.59 Å². The van der Waals surface area contributed by atoms with Gasteiger partial charge in [-0.05, 0) is 31.8 Å². The first kappa shape index (κ1) is 62.8. The van der Waals surface area contributed by atoms with Gasteiger partial charge in [0, 0.05) is 25.9 Å². The number of hydrogen-bond donors (Lipinski definition) is 2. The van der Waals surface area contributed by atoms with Crippen LogP contribution in [0.5, 0.6) is 0 Å². The molecular weight excluding hydrogens is 761 g/mol. The molecule has 0 bridgehead atoms. The predicted molar refractivity (Wildman–Crippen MR) is 252 cm³/mol. The minimum absolute atomic E-state index is 0. The first-order chi connectivity index (χ1) is 28.4. The van der Waals surface area contributed by atoms with Crippen molar-refractivity contribution in [2.75, 3.05) is 13.1 Å². The molecule has 59 heavy (non-hydrogen) atoms. The van der Waals surface area contributed by atoms with E-state index in [-0.39, 0.29) is 49.6 Å². The van der Waals surface area contributed by atoms with Gasteiger partial charge in [-0.25, -0.2) is 0 Å². The second kappa shape index (κ2) is 57.5. The first-order valence-electron chi connectivity index (χ1n) is 25.8. The Morgan fingerprint density at radius 1 is 0.288 bits per heavy atom. The fourth-order valence-corrected chi connectivity index (χ4v) is 7.96. The standard InChI is InChI=1S/C50H100N2O2.CH2O3.Ca/c1-3-5-7-9-11-13-15-17-19-21-23-25-27-29-31-33-35-37-41-45-49(53)51-47-43-39-40-44-48-52-50(54)46-42-38-36-34-32-30-28-26-24-22-20-18-16-14-12-10-8-6-4-2;2-1(3)4;/h3-48H2,1-2H3,(H,51,53)(H,52,54);(H2,2,3,4);/q;;+2/p-2. The van der Waals surface area contributed by atoms with Crippen LogP contribution in [-0.4, -0.2) is 68.8 Å². The summed E-state index contributed by atoms with van der Waals surface area (Å²) in [6.45, 7) is 6.18. The second-order valence-electron chi connectivity index (χ2n) is 17.6. The summed E-state index contributed by atoms with van der Waals surface area (Å²) in [7, 11) is 0. The second-order valence-corrected chi connectivity index (χ2v) is 17.6. The SMILES string of the molecule is CCCCCCCCCCCCCCCCCCCCCC(=O)NCCCCCCNC(=O)CCCCCCCCCCCCCCCCCCCCC.O=C([O-])[O-].[Ca+2]. The van der Waals surface area contributed by atoms with E-state index in [2.05, 4.69) is 24.5 Å². The Hall–Kier alpha value is -0.530. The van der Waals surface area contributed by atoms with E-state index in [1.165, 1.54) is 231 Å². The van der Waals surface area contributed by atoms with E-state index >= 15 is 0 Å². The summed E-state index contributed by atoms with van der Waals surface area (Å²) < 4.78 is 0. The summed E-state index contributed by atoms with van der Waals surface area (Å²) in [6, 6.07) is 0. The molecule has 0 spiro atoms. The third-order valence-electron chi connectivity index (χ3n) is 11.8. The van der Waals surface area contributed by atoms with Crippen molar-refractivity contribution in [3.63, 3.8) is 0 Å². The normalized spacial score (nSPS) is 10.8. The molecule has 0 fully saturated rings. The average Bonchev–Trinajstić information content (AvgIpc) is 3.20. The summed E-state index contributed by atoms with van der Waals surface area (Å²) in [5.41, 5.74) is 0. The molecule has 0 radical (unpaired) electrons. The Morgan fingerprint density at radius 3 is 0.627 bits per heavy atom. The molecule has 0 aromatic carbocycles. The molecule has 0 aliphatic carbocycles. The van der Waals surface area contributed by atoms with Crippen molar-refractivity contribution in [2.45, 2.75) is 296 Å². The molecule has 0 aromatic rings. The van der Waals surface area contributed by atoms with E-state index in [1.807, 2.05) is 0 Å². The number of carbonyl (C=O) groups is 3. The van der Waals surface area contributed by atoms with Gasteiger partial charge in [-0.1, -0.05) is 258 Å². The zero-order chi connectivity index (χ0) is 42.7. The molecule has 0 aliphatic rings. The molecule has 0 aliphatic heterocycles. The Kier molecular flexibility index (Phi) is 61.1. The number of unbranched alkanes of at least 4 members (excludes halogenated alkanes) is 39. The zero-order valence-corrected chi connectivity index (χ0v) is 42.0. The van der Waals surface area contributed by atoms with Crippen LogP contribution in [0.1, 0.15) is 296 Å². The Labute approximate surface area is 397 Å². The molecule has 8 heteroatoms. The summed E-state index contributed by atoms with van der Waals surface area (Å²) >= 11 is 0. The monoisotopic (exact) mass is 861 g/mol. The number of amides is 2. The summed E-state index contributed by atoms with van der Waals surface area (Å²) in [4.78, 5) is 32.6. The molecule has 0 atom stereocenters. The maximum atomic E-state index is 12.2.